The number of carbonyl (C=O) groups excluding carboxylic acids is 2. The SMILES string of the molecule is C[C@@H]1CC(OS(=O)(=O)C(F)(F)F)=CCN1C(=O)OC(C)(C)C.C[C@@H]1CC(c2ccc3c(c2)oc(=O)n3C)CCN1C(=O)NCCCCc1ccccc1. The maximum Gasteiger partial charge on any atom is 0.534 e. The van der Waals surface area contributed by atoms with Gasteiger partial charge in [-0.3, -0.25) is 4.57 Å². The van der Waals surface area contributed by atoms with Crippen molar-refractivity contribution in [2.24, 2.45) is 7.05 Å². The van der Waals surface area contributed by atoms with E-state index in [9.17, 15) is 36.0 Å². The molecule has 1 aromatic heterocycles. The van der Waals surface area contributed by atoms with Crippen LogP contribution >= 0.6 is 0 Å². The summed E-state index contributed by atoms with van der Waals surface area (Å²) in [6, 6.07) is 16.1. The Kier molecular flexibility index (Phi) is 13.3. The van der Waals surface area contributed by atoms with Crippen LogP contribution in [0, 0.1) is 0 Å². The minimum absolute atomic E-state index is 0.0372. The fourth-order valence-electron chi connectivity index (χ4n) is 6.27. The van der Waals surface area contributed by atoms with Crippen molar-refractivity contribution in [1.82, 2.24) is 19.7 Å². The molecule has 2 aromatic carbocycles. The molecule has 3 atom stereocenters. The zero-order valence-corrected chi connectivity index (χ0v) is 31.8. The number of unbranched alkanes of at least 4 members (excludes halogenated alkanes) is 1. The van der Waals surface area contributed by atoms with Crippen LogP contribution in [0.15, 0.2) is 69.6 Å². The molecule has 2 aliphatic rings. The van der Waals surface area contributed by atoms with Crippen LogP contribution in [0.4, 0.5) is 22.8 Å². The molecule has 1 N–H and O–H groups in total. The van der Waals surface area contributed by atoms with Crippen LogP contribution in [-0.4, -0.2) is 77.7 Å². The number of alkyl halides is 3. The first kappa shape index (κ1) is 41.3. The fourth-order valence-corrected chi connectivity index (χ4v) is 6.79. The van der Waals surface area contributed by atoms with Gasteiger partial charge in [0.1, 0.15) is 11.4 Å². The summed E-state index contributed by atoms with van der Waals surface area (Å²) in [4.78, 5) is 39.5. The first-order valence-electron chi connectivity index (χ1n) is 17.6. The predicted molar refractivity (Wildman–Crippen MR) is 194 cm³/mol. The number of nitrogens with zero attached hydrogens (tertiary/aromatic N) is 3. The van der Waals surface area contributed by atoms with Crippen LogP contribution in [-0.2, 0) is 32.5 Å². The standard InChI is InChI=1S/C25H31N3O3.C12H18F3NO5S/c1-18-16-21(20-11-12-22-23(17-20)31-25(30)27(22)2)13-15-28(18)24(29)26-14-7-6-10-19-8-4-3-5-9-19;1-8-7-9(21-22(18,19)12(13,14)15)5-6-16(8)10(17)20-11(2,3)4/h3-5,8-9,11-12,17-18,21H,6-7,10,13-16H2,1-2H3,(H,26,29);5,8H,6-7H2,1-4H3/t18-,21?;8-/m11/s1. The van der Waals surface area contributed by atoms with Crippen LogP contribution < -0.4 is 11.1 Å². The molecule has 1 saturated heterocycles. The number of carbonyl (C=O) groups is 2. The topological polar surface area (TPSA) is 140 Å². The molecule has 2 aliphatic heterocycles. The molecule has 0 bridgehead atoms. The van der Waals surface area contributed by atoms with Crippen LogP contribution in [0.3, 0.4) is 0 Å². The van der Waals surface area contributed by atoms with Crippen molar-refractivity contribution in [2.45, 2.75) is 102 Å². The third-order valence-corrected chi connectivity index (χ3v) is 10.1. The smallest absolute Gasteiger partial charge is 0.444 e. The zero-order valence-electron chi connectivity index (χ0n) is 30.9. The summed E-state index contributed by atoms with van der Waals surface area (Å²) in [5, 5.41) is 3.09. The number of urea groups is 1. The van der Waals surface area contributed by atoms with Crippen LogP contribution in [0.5, 0.6) is 0 Å². The molecule has 3 amide bonds. The highest BCUT2D eigenvalue weighted by atomic mass is 32.2. The van der Waals surface area contributed by atoms with Gasteiger partial charge in [0.15, 0.2) is 5.58 Å². The molecule has 12 nitrogen and oxygen atoms in total. The van der Waals surface area contributed by atoms with Crippen molar-refractivity contribution < 1.29 is 44.5 Å². The van der Waals surface area contributed by atoms with Crippen LogP contribution in [0.25, 0.3) is 11.1 Å². The number of likely N-dealkylation sites (tertiary alicyclic amines) is 1. The predicted octanol–water partition coefficient (Wildman–Crippen LogP) is 7.20. The number of rotatable bonds is 8. The molecule has 16 heteroatoms. The Labute approximate surface area is 308 Å². The van der Waals surface area contributed by atoms with Crippen LogP contribution in [0.2, 0.25) is 0 Å². The van der Waals surface area contributed by atoms with Gasteiger partial charge >= 0.3 is 33.5 Å². The second-order valence-corrected chi connectivity index (χ2v) is 16.0. The van der Waals surface area contributed by atoms with E-state index < -0.39 is 33.4 Å². The van der Waals surface area contributed by atoms with Gasteiger partial charge in [-0.1, -0.05) is 36.4 Å². The van der Waals surface area contributed by atoms with Gasteiger partial charge < -0.3 is 28.5 Å². The molecule has 1 unspecified atom stereocenters. The van der Waals surface area contributed by atoms with Gasteiger partial charge in [0, 0.05) is 45.2 Å². The average molecular weight is 767 g/mol. The van der Waals surface area contributed by atoms with Gasteiger partial charge in [0.05, 0.1) is 5.52 Å². The van der Waals surface area contributed by atoms with E-state index in [1.807, 2.05) is 23.1 Å². The normalized spacial score (nSPS) is 19.6. The van der Waals surface area contributed by atoms with E-state index in [-0.39, 0.29) is 36.6 Å². The molecule has 1 fully saturated rings. The number of ether oxygens (including phenoxy) is 1. The Bertz CT molecular complexity index is 1920. The highest BCUT2D eigenvalue weighted by molar-refractivity contribution is 7.87. The number of nitrogens with one attached hydrogen (secondary N) is 1. The number of fused-ring (bicyclic) bond motifs is 1. The summed E-state index contributed by atoms with van der Waals surface area (Å²) >= 11 is 0. The Morgan fingerprint density at radius 3 is 2.32 bits per heavy atom. The summed E-state index contributed by atoms with van der Waals surface area (Å²) < 4.78 is 74.7. The van der Waals surface area contributed by atoms with E-state index >= 15 is 0 Å². The first-order valence-corrected chi connectivity index (χ1v) is 19.0. The molecule has 0 spiro atoms. The van der Waals surface area contributed by atoms with Crippen molar-refractivity contribution in [1.29, 1.82) is 0 Å². The van der Waals surface area contributed by atoms with Crippen molar-refractivity contribution in [2.75, 3.05) is 19.6 Å². The molecule has 53 heavy (non-hydrogen) atoms. The Morgan fingerprint density at radius 2 is 1.70 bits per heavy atom. The highest BCUT2D eigenvalue weighted by Crippen LogP contribution is 2.33. The van der Waals surface area contributed by atoms with Gasteiger partial charge in [0.2, 0.25) is 0 Å². The minimum Gasteiger partial charge on any atom is -0.444 e. The number of benzene rings is 2. The quantitative estimate of drug-likeness (QED) is 0.144. The molecule has 0 radical (unpaired) electrons. The number of amides is 3. The van der Waals surface area contributed by atoms with Crippen LogP contribution in [0.1, 0.15) is 83.8 Å². The molecular weight excluding hydrogens is 717 g/mol. The van der Waals surface area contributed by atoms with Crippen molar-refractivity contribution in [3.8, 4) is 0 Å². The summed E-state index contributed by atoms with van der Waals surface area (Å²) in [5.41, 5.74) is -2.23. The Hall–Kier alpha value is -4.47. The van der Waals surface area contributed by atoms with E-state index in [4.69, 9.17) is 9.15 Å². The number of aryl methyl sites for hydroxylation is 2. The number of oxazole rings is 1. The Balaban J connectivity index is 0.000000253. The first-order chi connectivity index (χ1) is 24.8. The van der Waals surface area contributed by atoms with Crippen molar-refractivity contribution in [3.05, 3.63) is 82.0 Å². The summed E-state index contributed by atoms with van der Waals surface area (Å²) in [7, 11) is -3.97. The van der Waals surface area contributed by atoms with E-state index in [0.29, 0.717) is 18.0 Å². The molecule has 0 aliphatic carbocycles. The maximum absolute atomic E-state index is 12.7. The maximum atomic E-state index is 12.7. The Morgan fingerprint density at radius 1 is 1.00 bits per heavy atom. The lowest BCUT2D eigenvalue weighted by molar-refractivity contribution is -0.0527. The van der Waals surface area contributed by atoms with Gasteiger partial charge in [-0.05, 0) is 102 Å². The molecule has 0 saturated carbocycles. The summed E-state index contributed by atoms with van der Waals surface area (Å²) in [6.07, 6.45) is 5.24. The number of hydrogen-bond acceptors (Lipinski definition) is 8. The highest BCUT2D eigenvalue weighted by Gasteiger charge is 2.49. The monoisotopic (exact) mass is 766 g/mol. The van der Waals surface area contributed by atoms with Crippen molar-refractivity contribution >= 4 is 33.3 Å². The summed E-state index contributed by atoms with van der Waals surface area (Å²) in [6.45, 7) is 10.1. The molecular formula is C37H49F3N4O8S. The number of piperidine rings is 1. The van der Waals surface area contributed by atoms with Gasteiger partial charge in [-0.15, -0.1) is 0 Å². The molecule has 292 valence electrons. The lowest BCUT2D eigenvalue weighted by Gasteiger charge is -2.37. The number of aromatic nitrogens is 1. The lowest BCUT2D eigenvalue weighted by atomic mass is 9.86. The second-order valence-electron chi connectivity index (χ2n) is 14.4. The third-order valence-electron chi connectivity index (χ3n) is 9.11. The largest absolute Gasteiger partial charge is 0.534 e. The molecule has 3 aromatic rings. The number of halogens is 3. The summed E-state index contributed by atoms with van der Waals surface area (Å²) in [5.74, 6) is -0.319. The van der Waals surface area contributed by atoms with Gasteiger partial charge in [-0.2, -0.15) is 21.6 Å². The van der Waals surface area contributed by atoms with E-state index in [1.165, 1.54) is 20.6 Å². The van der Waals surface area contributed by atoms with Crippen molar-refractivity contribution in [3.63, 3.8) is 0 Å². The number of hydrogen-bond donors (Lipinski definition) is 1. The third kappa shape index (κ3) is 11.3. The second kappa shape index (κ2) is 17.1. The van der Waals surface area contributed by atoms with Gasteiger partial charge in [-0.25, -0.2) is 14.4 Å². The van der Waals surface area contributed by atoms with Gasteiger partial charge in [0.25, 0.3) is 0 Å². The lowest BCUT2D eigenvalue weighted by Crippen LogP contribution is -2.49. The van der Waals surface area contributed by atoms with E-state index in [2.05, 4.69) is 46.8 Å². The molecule has 3 heterocycles. The fraction of sp³-hybridized carbons (Fsp3) is 0.541. The van der Waals surface area contributed by atoms with E-state index in [1.54, 1.807) is 34.7 Å². The zero-order chi connectivity index (χ0) is 39.1. The average Bonchev–Trinajstić information content (AvgIpc) is 3.35. The van der Waals surface area contributed by atoms with E-state index in [0.717, 1.165) is 50.2 Å². The minimum atomic E-state index is -5.69. The molecule has 5 rings (SSSR count).